The molecule has 0 N–H and O–H groups in total. The van der Waals surface area contributed by atoms with E-state index in [0.717, 1.165) is 0 Å². The lowest BCUT2D eigenvalue weighted by molar-refractivity contribution is 0.0595. The van der Waals surface area contributed by atoms with E-state index < -0.39 is 5.97 Å². The zero-order chi connectivity index (χ0) is 13.8. The van der Waals surface area contributed by atoms with Crippen LogP contribution in [0.15, 0.2) is 29.6 Å². The molecule has 1 aromatic heterocycles. The highest BCUT2D eigenvalue weighted by atomic mass is 32.1. The van der Waals surface area contributed by atoms with Crippen molar-refractivity contribution in [2.24, 2.45) is 0 Å². The van der Waals surface area contributed by atoms with Crippen molar-refractivity contribution in [3.8, 4) is 0 Å². The van der Waals surface area contributed by atoms with Gasteiger partial charge in [0.05, 0.1) is 7.11 Å². The van der Waals surface area contributed by atoms with Crippen LogP contribution in [-0.4, -0.2) is 25.1 Å². The standard InChI is InChI=1S/C13H13FN2O2S/c1-16(7-9-5-3-4-6-10(9)14)13-15-11(8-19-13)12(17)18-2/h3-6,8H,7H2,1-2H3. The van der Waals surface area contributed by atoms with E-state index in [4.69, 9.17) is 0 Å². The van der Waals surface area contributed by atoms with Crippen LogP contribution in [0, 0.1) is 5.82 Å². The van der Waals surface area contributed by atoms with E-state index in [1.165, 1.54) is 24.5 Å². The van der Waals surface area contributed by atoms with Crippen molar-refractivity contribution in [2.75, 3.05) is 19.1 Å². The number of aromatic nitrogens is 1. The molecule has 1 aromatic carbocycles. The summed E-state index contributed by atoms with van der Waals surface area (Å²) in [5, 5.41) is 2.27. The number of benzene rings is 1. The molecule has 0 aliphatic heterocycles. The van der Waals surface area contributed by atoms with Crippen molar-refractivity contribution < 1.29 is 13.9 Å². The van der Waals surface area contributed by atoms with Gasteiger partial charge in [-0.05, 0) is 6.07 Å². The maximum atomic E-state index is 13.5. The first-order valence-electron chi connectivity index (χ1n) is 5.60. The van der Waals surface area contributed by atoms with Crippen LogP contribution in [0.5, 0.6) is 0 Å². The maximum absolute atomic E-state index is 13.5. The third-order valence-electron chi connectivity index (χ3n) is 2.58. The second kappa shape index (κ2) is 5.79. The number of thiazole rings is 1. The molecule has 0 fully saturated rings. The zero-order valence-corrected chi connectivity index (χ0v) is 11.4. The Kier molecular flexibility index (Phi) is 4.11. The van der Waals surface area contributed by atoms with Crippen molar-refractivity contribution in [2.45, 2.75) is 6.54 Å². The number of hydrogen-bond acceptors (Lipinski definition) is 5. The van der Waals surface area contributed by atoms with E-state index in [9.17, 15) is 9.18 Å². The summed E-state index contributed by atoms with van der Waals surface area (Å²) in [6, 6.07) is 6.58. The molecular formula is C13H13FN2O2S. The first-order valence-corrected chi connectivity index (χ1v) is 6.48. The van der Waals surface area contributed by atoms with Crippen molar-refractivity contribution in [1.82, 2.24) is 4.98 Å². The summed E-state index contributed by atoms with van der Waals surface area (Å²) in [4.78, 5) is 17.2. The lowest BCUT2D eigenvalue weighted by Crippen LogP contribution is -2.17. The number of hydrogen-bond donors (Lipinski definition) is 0. The fourth-order valence-electron chi connectivity index (χ4n) is 1.59. The van der Waals surface area contributed by atoms with Crippen LogP contribution in [-0.2, 0) is 11.3 Å². The van der Waals surface area contributed by atoms with Gasteiger partial charge in [-0.25, -0.2) is 14.2 Å². The van der Waals surface area contributed by atoms with E-state index in [1.54, 1.807) is 35.5 Å². The molecule has 19 heavy (non-hydrogen) atoms. The fraction of sp³-hybridized carbons (Fsp3) is 0.231. The number of methoxy groups -OCH3 is 1. The number of ether oxygens (including phenoxy) is 1. The average molecular weight is 280 g/mol. The predicted octanol–water partition coefficient (Wildman–Crippen LogP) is 2.71. The molecule has 0 unspecified atom stereocenters. The van der Waals surface area contributed by atoms with E-state index >= 15 is 0 Å². The highest BCUT2D eigenvalue weighted by molar-refractivity contribution is 7.13. The minimum absolute atomic E-state index is 0.251. The Morgan fingerprint density at radius 2 is 2.21 bits per heavy atom. The van der Waals surface area contributed by atoms with Crippen molar-refractivity contribution in [1.29, 1.82) is 0 Å². The van der Waals surface area contributed by atoms with Gasteiger partial charge < -0.3 is 9.64 Å². The summed E-state index contributed by atoms with van der Waals surface area (Å²) in [6.45, 7) is 0.390. The largest absolute Gasteiger partial charge is 0.464 e. The molecule has 0 saturated heterocycles. The van der Waals surface area contributed by atoms with E-state index in [-0.39, 0.29) is 11.5 Å². The zero-order valence-electron chi connectivity index (χ0n) is 10.6. The normalized spacial score (nSPS) is 10.3. The molecule has 0 aliphatic carbocycles. The van der Waals surface area contributed by atoms with Crippen molar-refractivity contribution in [3.63, 3.8) is 0 Å². The topological polar surface area (TPSA) is 42.4 Å². The Morgan fingerprint density at radius 1 is 1.47 bits per heavy atom. The number of nitrogens with zero attached hydrogens (tertiary/aromatic N) is 2. The van der Waals surface area contributed by atoms with Crippen LogP contribution in [0.25, 0.3) is 0 Å². The molecule has 0 amide bonds. The molecule has 0 atom stereocenters. The number of rotatable bonds is 4. The number of carbonyl (C=O) groups excluding carboxylic acids is 1. The Bertz CT molecular complexity index is 586. The molecule has 0 bridgehead atoms. The Balaban J connectivity index is 2.12. The van der Waals surface area contributed by atoms with Gasteiger partial charge in [-0.15, -0.1) is 11.3 Å². The minimum atomic E-state index is -0.471. The summed E-state index contributed by atoms with van der Waals surface area (Å²) >= 11 is 1.32. The minimum Gasteiger partial charge on any atom is -0.464 e. The molecule has 4 nitrogen and oxygen atoms in total. The smallest absolute Gasteiger partial charge is 0.357 e. The highest BCUT2D eigenvalue weighted by Crippen LogP contribution is 2.22. The molecule has 0 aliphatic rings. The number of esters is 1. The summed E-state index contributed by atoms with van der Waals surface area (Å²) in [7, 11) is 3.11. The van der Waals surface area contributed by atoms with E-state index in [0.29, 0.717) is 17.2 Å². The van der Waals surface area contributed by atoms with Crippen molar-refractivity contribution >= 4 is 22.4 Å². The van der Waals surface area contributed by atoms with Crippen LogP contribution in [0.1, 0.15) is 16.1 Å². The van der Waals surface area contributed by atoms with Gasteiger partial charge in [0, 0.05) is 24.5 Å². The number of carbonyl (C=O) groups is 1. The van der Waals surface area contributed by atoms with Crippen LogP contribution in [0.2, 0.25) is 0 Å². The monoisotopic (exact) mass is 280 g/mol. The first kappa shape index (κ1) is 13.5. The fourth-order valence-corrected chi connectivity index (χ4v) is 2.35. The molecule has 2 aromatic rings. The molecule has 1 heterocycles. The van der Waals surface area contributed by atoms with E-state index in [2.05, 4.69) is 9.72 Å². The van der Waals surface area contributed by atoms with Gasteiger partial charge in [-0.2, -0.15) is 0 Å². The molecular weight excluding hydrogens is 267 g/mol. The van der Waals surface area contributed by atoms with Crippen LogP contribution >= 0.6 is 11.3 Å². The molecule has 0 spiro atoms. The quantitative estimate of drug-likeness (QED) is 0.808. The van der Waals surface area contributed by atoms with Crippen LogP contribution in [0.4, 0.5) is 9.52 Å². The molecule has 2 rings (SSSR count). The van der Waals surface area contributed by atoms with Gasteiger partial charge in [-0.3, -0.25) is 0 Å². The molecule has 0 radical (unpaired) electrons. The molecule has 0 saturated carbocycles. The van der Waals surface area contributed by atoms with E-state index in [1.807, 2.05) is 0 Å². The SMILES string of the molecule is COC(=O)c1csc(N(C)Cc2ccccc2F)n1. The third-order valence-corrected chi connectivity index (χ3v) is 3.53. The maximum Gasteiger partial charge on any atom is 0.357 e. The van der Waals surface area contributed by atoms with Crippen LogP contribution < -0.4 is 4.90 Å². The second-order valence-corrected chi connectivity index (χ2v) is 4.79. The van der Waals surface area contributed by atoms with Crippen molar-refractivity contribution in [3.05, 3.63) is 46.7 Å². The predicted molar refractivity (Wildman–Crippen MR) is 72.0 cm³/mol. The lowest BCUT2D eigenvalue weighted by atomic mass is 10.2. The summed E-state index contributed by atoms with van der Waals surface area (Å²) in [6.07, 6.45) is 0. The van der Waals surface area contributed by atoms with Gasteiger partial charge in [0.1, 0.15) is 5.82 Å². The molecule has 6 heteroatoms. The Morgan fingerprint density at radius 3 is 2.89 bits per heavy atom. The number of halogens is 1. The second-order valence-electron chi connectivity index (χ2n) is 3.95. The lowest BCUT2D eigenvalue weighted by Gasteiger charge is -2.15. The summed E-state index contributed by atoms with van der Waals surface area (Å²) < 4.78 is 18.1. The highest BCUT2D eigenvalue weighted by Gasteiger charge is 2.14. The third kappa shape index (κ3) is 3.08. The average Bonchev–Trinajstić information content (AvgIpc) is 2.90. The number of anilines is 1. The van der Waals surface area contributed by atoms with Crippen LogP contribution in [0.3, 0.4) is 0 Å². The first-order chi connectivity index (χ1) is 9.11. The molecule has 100 valence electrons. The van der Waals surface area contributed by atoms with Gasteiger partial charge in [0.25, 0.3) is 0 Å². The Hall–Kier alpha value is -1.95. The van der Waals surface area contributed by atoms with Gasteiger partial charge in [-0.1, -0.05) is 18.2 Å². The van der Waals surface area contributed by atoms with Gasteiger partial charge in [0.15, 0.2) is 10.8 Å². The van der Waals surface area contributed by atoms with Gasteiger partial charge >= 0.3 is 5.97 Å². The van der Waals surface area contributed by atoms with Gasteiger partial charge in [0.2, 0.25) is 0 Å². The summed E-state index contributed by atoms with van der Waals surface area (Å²) in [5.74, 6) is -0.721. The Labute approximate surface area is 114 Å². The summed E-state index contributed by atoms with van der Waals surface area (Å²) in [5.41, 5.74) is 0.850.